The molecular formula is C15H14F3N5S. The van der Waals surface area contributed by atoms with Gasteiger partial charge in [0.25, 0.3) is 0 Å². The Bertz CT molecular complexity index is 832. The van der Waals surface area contributed by atoms with Crippen molar-refractivity contribution < 1.29 is 13.2 Å². The number of aryl methyl sites for hydroxylation is 1. The molecule has 0 spiro atoms. The van der Waals surface area contributed by atoms with Gasteiger partial charge in [-0.25, -0.2) is 15.0 Å². The zero-order valence-corrected chi connectivity index (χ0v) is 13.5. The number of hydrogen-bond donors (Lipinski definition) is 1. The van der Waals surface area contributed by atoms with E-state index in [0.29, 0.717) is 29.9 Å². The van der Waals surface area contributed by atoms with Crippen LogP contribution in [-0.2, 0) is 19.3 Å². The van der Waals surface area contributed by atoms with Crippen molar-refractivity contribution in [2.45, 2.75) is 31.1 Å². The lowest BCUT2D eigenvalue weighted by Crippen LogP contribution is -2.10. The van der Waals surface area contributed by atoms with Gasteiger partial charge in [0.2, 0.25) is 0 Å². The molecule has 3 aromatic rings. The molecule has 5 nitrogen and oxygen atoms in total. The van der Waals surface area contributed by atoms with Crippen LogP contribution in [0.3, 0.4) is 0 Å². The van der Waals surface area contributed by atoms with Crippen LogP contribution in [-0.4, -0.2) is 19.5 Å². The van der Waals surface area contributed by atoms with Gasteiger partial charge in [0, 0.05) is 18.9 Å². The van der Waals surface area contributed by atoms with Crippen LogP contribution in [0, 0.1) is 0 Å². The van der Waals surface area contributed by atoms with Crippen LogP contribution in [0.2, 0.25) is 0 Å². The van der Waals surface area contributed by atoms with E-state index in [9.17, 15) is 13.2 Å². The highest BCUT2D eigenvalue weighted by atomic mass is 32.2. The lowest BCUT2D eigenvalue weighted by atomic mass is 10.2. The Morgan fingerprint density at radius 1 is 1.21 bits per heavy atom. The molecule has 0 aliphatic heterocycles. The van der Waals surface area contributed by atoms with Crippen molar-refractivity contribution in [3.05, 3.63) is 48.3 Å². The summed E-state index contributed by atoms with van der Waals surface area (Å²) in [6.45, 7) is 2.82. The largest absolute Gasteiger partial charge is 0.416 e. The molecule has 1 N–H and O–H groups in total. The molecule has 0 bridgehead atoms. The van der Waals surface area contributed by atoms with Crippen molar-refractivity contribution in [1.82, 2.24) is 24.2 Å². The average molecular weight is 353 g/mol. The summed E-state index contributed by atoms with van der Waals surface area (Å²) in [7, 11) is 0. The van der Waals surface area contributed by atoms with Crippen molar-refractivity contribution >= 4 is 23.0 Å². The summed E-state index contributed by atoms with van der Waals surface area (Å²) in [5.74, 6) is 0.677. The Balaban J connectivity index is 1.83. The highest BCUT2D eigenvalue weighted by molar-refractivity contribution is 7.97. The van der Waals surface area contributed by atoms with Crippen molar-refractivity contribution in [2.24, 2.45) is 0 Å². The van der Waals surface area contributed by atoms with Crippen LogP contribution in [0.1, 0.15) is 18.3 Å². The number of rotatable bonds is 5. The molecule has 1 aromatic carbocycles. The SMILES string of the molecule is CCn1c(CNSc2cncnc2)nc2ccc(C(F)(F)F)cc21. The van der Waals surface area contributed by atoms with E-state index in [1.54, 1.807) is 17.0 Å². The molecule has 0 atom stereocenters. The van der Waals surface area contributed by atoms with Crippen LogP contribution < -0.4 is 4.72 Å². The molecule has 126 valence electrons. The predicted octanol–water partition coefficient (Wildman–Crippen LogP) is 3.66. The number of nitrogens with one attached hydrogen (secondary N) is 1. The highest BCUT2D eigenvalue weighted by Crippen LogP contribution is 2.31. The number of benzene rings is 1. The maximum Gasteiger partial charge on any atom is 0.416 e. The first-order chi connectivity index (χ1) is 11.5. The third kappa shape index (κ3) is 3.51. The second-order valence-corrected chi connectivity index (χ2v) is 5.94. The van der Waals surface area contributed by atoms with Gasteiger partial charge in [0.15, 0.2) is 0 Å². The molecule has 24 heavy (non-hydrogen) atoms. The molecule has 9 heteroatoms. The molecule has 0 aliphatic carbocycles. The molecule has 2 aromatic heterocycles. The number of alkyl halides is 3. The Morgan fingerprint density at radius 2 is 1.96 bits per heavy atom. The van der Waals surface area contributed by atoms with Crippen molar-refractivity contribution in [3.8, 4) is 0 Å². The van der Waals surface area contributed by atoms with Crippen LogP contribution in [0.25, 0.3) is 11.0 Å². The van der Waals surface area contributed by atoms with E-state index in [1.165, 1.54) is 24.3 Å². The fourth-order valence-electron chi connectivity index (χ4n) is 2.36. The molecule has 0 unspecified atom stereocenters. The summed E-state index contributed by atoms with van der Waals surface area (Å²) >= 11 is 1.34. The van der Waals surface area contributed by atoms with Gasteiger partial charge < -0.3 is 4.57 Å². The third-order valence-corrected chi connectivity index (χ3v) is 4.16. The van der Waals surface area contributed by atoms with Crippen molar-refractivity contribution in [3.63, 3.8) is 0 Å². The maximum atomic E-state index is 12.9. The van der Waals surface area contributed by atoms with Crippen LogP contribution >= 0.6 is 11.9 Å². The van der Waals surface area contributed by atoms with Crippen LogP contribution in [0.4, 0.5) is 13.2 Å². The van der Waals surface area contributed by atoms with Crippen molar-refractivity contribution in [2.75, 3.05) is 0 Å². The Morgan fingerprint density at radius 3 is 2.62 bits per heavy atom. The molecular weight excluding hydrogens is 339 g/mol. The van der Waals surface area contributed by atoms with E-state index in [4.69, 9.17) is 0 Å². The topological polar surface area (TPSA) is 55.6 Å². The van der Waals surface area contributed by atoms with Crippen molar-refractivity contribution in [1.29, 1.82) is 0 Å². The van der Waals surface area contributed by atoms with E-state index in [1.807, 2.05) is 6.92 Å². The van der Waals surface area contributed by atoms with E-state index in [2.05, 4.69) is 19.7 Å². The summed E-state index contributed by atoms with van der Waals surface area (Å²) < 4.78 is 43.6. The minimum atomic E-state index is -4.36. The fourth-order valence-corrected chi connectivity index (χ4v) is 2.95. The first-order valence-electron chi connectivity index (χ1n) is 7.20. The fraction of sp³-hybridized carbons (Fsp3) is 0.267. The van der Waals surface area contributed by atoms with E-state index in [0.717, 1.165) is 17.0 Å². The van der Waals surface area contributed by atoms with Gasteiger partial charge in [-0.3, -0.25) is 4.72 Å². The number of fused-ring (bicyclic) bond motifs is 1. The van der Waals surface area contributed by atoms with Gasteiger partial charge in [-0.1, -0.05) is 0 Å². The summed E-state index contributed by atoms with van der Waals surface area (Å²) in [6.07, 6.45) is 0.420. The van der Waals surface area contributed by atoms with Gasteiger partial charge in [0.05, 0.1) is 28.0 Å². The minimum Gasteiger partial charge on any atom is -0.327 e. The van der Waals surface area contributed by atoms with Gasteiger partial charge in [0.1, 0.15) is 12.2 Å². The number of imidazole rings is 1. The van der Waals surface area contributed by atoms with E-state index in [-0.39, 0.29) is 0 Å². The zero-order chi connectivity index (χ0) is 17.2. The smallest absolute Gasteiger partial charge is 0.327 e. The monoisotopic (exact) mass is 353 g/mol. The molecule has 2 heterocycles. The van der Waals surface area contributed by atoms with E-state index >= 15 is 0 Å². The molecule has 0 saturated heterocycles. The normalized spacial score (nSPS) is 12.0. The van der Waals surface area contributed by atoms with Gasteiger partial charge in [-0.2, -0.15) is 13.2 Å². The standard InChI is InChI=1S/C15H14F3N5S/c1-2-23-13-5-10(15(16,17)18)3-4-12(13)22-14(23)8-21-24-11-6-19-9-20-7-11/h3-7,9,21H,2,8H2,1H3. The first kappa shape index (κ1) is 16.7. The summed E-state index contributed by atoms with van der Waals surface area (Å²) in [6, 6.07) is 3.61. The zero-order valence-electron chi connectivity index (χ0n) is 12.7. The lowest BCUT2D eigenvalue weighted by Gasteiger charge is -2.09. The van der Waals surface area contributed by atoms with Gasteiger partial charge in [-0.15, -0.1) is 0 Å². The van der Waals surface area contributed by atoms with Gasteiger partial charge >= 0.3 is 6.18 Å². The summed E-state index contributed by atoms with van der Waals surface area (Å²) in [5.41, 5.74) is 0.367. The molecule has 0 radical (unpaired) electrons. The predicted molar refractivity (Wildman–Crippen MR) is 85.1 cm³/mol. The second-order valence-electron chi connectivity index (χ2n) is 4.97. The number of halogens is 3. The Labute approximate surface area is 140 Å². The average Bonchev–Trinajstić information content (AvgIpc) is 2.91. The van der Waals surface area contributed by atoms with Crippen LogP contribution in [0.15, 0.2) is 41.8 Å². The quantitative estimate of drug-likeness (QED) is 0.710. The van der Waals surface area contributed by atoms with Gasteiger partial charge in [-0.05, 0) is 37.1 Å². The number of hydrogen-bond acceptors (Lipinski definition) is 5. The Kier molecular flexibility index (Phi) is 4.72. The molecule has 0 saturated carbocycles. The molecule has 0 fully saturated rings. The Hall–Kier alpha value is -2.13. The summed E-state index contributed by atoms with van der Waals surface area (Å²) in [4.78, 5) is 13.1. The summed E-state index contributed by atoms with van der Waals surface area (Å²) in [5, 5.41) is 0. The first-order valence-corrected chi connectivity index (χ1v) is 8.01. The highest BCUT2D eigenvalue weighted by Gasteiger charge is 2.31. The third-order valence-electron chi connectivity index (χ3n) is 3.43. The number of nitrogens with zero attached hydrogens (tertiary/aromatic N) is 4. The van der Waals surface area contributed by atoms with E-state index < -0.39 is 11.7 Å². The molecule has 0 amide bonds. The minimum absolute atomic E-state index is 0.406. The van der Waals surface area contributed by atoms with Crippen LogP contribution in [0.5, 0.6) is 0 Å². The number of aromatic nitrogens is 4. The lowest BCUT2D eigenvalue weighted by molar-refractivity contribution is -0.137. The molecule has 3 rings (SSSR count). The molecule has 0 aliphatic rings. The maximum absolute atomic E-state index is 12.9. The second kappa shape index (κ2) is 6.78.